The molecule has 0 saturated carbocycles. The van der Waals surface area contributed by atoms with Crippen LogP contribution in [0.1, 0.15) is 18.1 Å². The minimum Gasteiger partial charge on any atom is -0.369 e. The molecule has 200 valence electrons. The number of piperazine rings is 1. The molecule has 1 aromatic heterocycles. The van der Waals surface area contributed by atoms with E-state index in [1.807, 2.05) is 0 Å². The zero-order valence-corrected chi connectivity index (χ0v) is 19.4. The van der Waals surface area contributed by atoms with E-state index in [4.69, 9.17) is 0 Å². The van der Waals surface area contributed by atoms with Gasteiger partial charge in [-0.1, -0.05) is 12.1 Å². The topological polar surface area (TPSA) is 73.7 Å². The third kappa shape index (κ3) is 5.19. The molecule has 1 aromatic carbocycles. The number of pyridine rings is 1. The molecular weight excluding hydrogens is 526 g/mol. The summed E-state index contributed by atoms with van der Waals surface area (Å²) in [6.45, 7) is 0.308. The number of rotatable bonds is 6. The molecule has 0 aliphatic carbocycles. The van der Waals surface area contributed by atoms with E-state index in [2.05, 4.69) is 4.98 Å². The minimum atomic E-state index is -6.12. The maximum absolute atomic E-state index is 14.6. The van der Waals surface area contributed by atoms with Gasteiger partial charge in [-0.15, -0.1) is 0 Å². The quantitative estimate of drug-likeness (QED) is 0.556. The third-order valence-electron chi connectivity index (χ3n) is 5.87. The molecule has 1 aliphatic heterocycles. The van der Waals surface area contributed by atoms with Crippen molar-refractivity contribution in [2.24, 2.45) is 0 Å². The van der Waals surface area contributed by atoms with E-state index in [0.29, 0.717) is 12.1 Å². The largest absolute Gasteiger partial charge is 0.430 e. The highest BCUT2D eigenvalue weighted by Gasteiger charge is 2.71. The number of nitrogens with zero attached hydrogens (tertiary/aromatic N) is 3. The van der Waals surface area contributed by atoms with Crippen LogP contribution in [0.15, 0.2) is 53.7 Å². The van der Waals surface area contributed by atoms with Crippen LogP contribution in [-0.2, 0) is 21.5 Å². The Kier molecular flexibility index (Phi) is 7.45. The van der Waals surface area contributed by atoms with E-state index in [9.17, 15) is 48.6 Å². The predicted octanol–water partition coefficient (Wildman–Crippen LogP) is 3.88. The molecule has 3 rings (SSSR count). The van der Waals surface area contributed by atoms with Gasteiger partial charge in [-0.3, -0.25) is 9.88 Å². The number of alkyl halides is 8. The Labute approximate surface area is 201 Å². The molecule has 2 aromatic rings. The van der Waals surface area contributed by atoms with Gasteiger partial charge in [-0.25, -0.2) is 8.42 Å². The van der Waals surface area contributed by atoms with Gasteiger partial charge in [-0.2, -0.15) is 39.4 Å². The lowest BCUT2D eigenvalue weighted by atomic mass is 9.92. The molecule has 0 amide bonds. The lowest BCUT2D eigenvalue weighted by molar-refractivity contribution is -0.376. The molecule has 0 radical (unpaired) electrons. The highest BCUT2D eigenvalue weighted by Crippen LogP contribution is 2.50. The highest BCUT2D eigenvalue weighted by atomic mass is 32.2. The fourth-order valence-corrected chi connectivity index (χ4v) is 5.59. The molecule has 1 saturated heterocycles. The van der Waals surface area contributed by atoms with Gasteiger partial charge in [0.1, 0.15) is 0 Å². The number of hydrogen-bond acceptors (Lipinski definition) is 5. The lowest BCUT2D eigenvalue weighted by Crippen LogP contribution is -2.55. The first-order valence-corrected chi connectivity index (χ1v) is 11.8. The molecule has 36 heavy (non-hydrogen) atoms. The van der Waals surface area contributed by atoms with Crippen molar-refractivity contribution in [1.29, 1.82) is 0 Å². The van der Waals surface area contributed by atoms with E-state index in [1.165, 1.54) is 24.2 Å². The van der Waals surface area contributed by atoms with Crippen molar-refractivity contribution in [3.05, 3.63) is 59.9 Å². The summed E-state index contributed by atoms with van der Waals surface area (Å²) in [7, 11) is -4.40. The second kappa shape index (κ2) is 9.50. The molecule has 0 spiro atoms. The van der Waals surface area contributed by atoms with Crippen LogP contribution in [-0.4, -0.2) is 72.3 Å². The molecule has 1 atom stereocenters. The average molecular weight is 547 g/mol. The number of sulfonamides is 1. The first-order chi connectivity index (χ1) is 16.4. The molecule has 0 unspecified atom stereocenters. The van der Waals surface area contributed by atoms with Crippen molar-refractivity contribution in [1.82, 2.24) is 14.2 Å². The monoisotopic (exact) mass is 547 g/mol. The van der Waals surface area contributed by atoms with E-state index in [0.717, 1.165) is 16.4 Å². The van der Waals surface area contributed by atoms with Gasteiger partial charge >= 0.3 is 12.4 Å². The first kappa shape index (κ1) is 28.2. The second-order valence-electron chi connectivity index (χ2n) is 8.37. The highest BCUT2D eigenvalue weighted by molar-refractivity contribution is 7.89. The molecule has 0 bridgehead atoms. The van der Waals surface area contributed by atoms with Crippen molar-refractivity contribution in [3.63, 3.8) is 0 Å². The van der Waals surface area contributed by atoms with Gasteiger partial charge in [0.05, 0.1) is 11.4 Å². The summed E-state index contributed by atoms with van der Waals surface area (Å²) in [4.78, 5) is 4.42. The van der Waals surface area contributed by atoms with Gasteiger partial charge < -0.3 is 5.11 Å². The van der Waals surface area contributed by atoms with Gasteiger partial charge in [0.2, 0.25) is 10.0 Å². The number of hydrogen-bond donors (Lipinski definition) is 1. The fraction of sp³-hybridized carbons (Fsp3) is 0.476. The lowest BCUT2D eigenvalue weighted by Gasteiger charge is -2.40. The molecule has 15 heteroatoms. The Morgan fingerprint density at radius 2 is 1.42 bits per heavy atom. The van der Waals surface area contributed by atoms with Crippen LogP contribution >= 0.6 is 0 Å². The zero-order valence-electron chi connectivity index (χ0n) is 18.6. The maximum atomic E-state index is 14.6. The maximum Gasteiger partial charge on any atom is 0.430 e. The van der Waals surface area contributed by atoms with Crippen molar-refractivity contribution >= 4 is 10.0 Å². The van der Waals surface area contributed by atoms with Gasteiger partial charge in [0.25, 0.3) is 11.5 Å². The predicted molar refractivity (Wildman–Crippen MR) is 110 cm³/mol. The fourth-order valence-electron chi connectivity index (χ4n) is 3.98. The van der Waals surface area contributed by atoms with Crippen molar-refractivity contribution in [2.75, 3.05) is 26.2 Å². The SMILES string of the molecule is C[C@@H]1CN(CC(F)(F)c2ccncc2)CCN1S(=O)(=O)c1ccc(C(O)(C(F)(F)F)C(F)(F)F)cc1. The third-order valence-corrected chi connectivity index (χ3v) is 7.90. The molecular formula is C21H21F8N3O3S. The Morgan fingerprint density at radius 1 is 0.889 bits per heavy atom. The molecule has 1 aliphatic rings. The summed E-state index contributed by atoms with van der Waals surface area (Å²) in [5.74, 6) is -3.24. The number of aromatic nitrogens is 1. The van der Waals surface area contributed by atoms with Gasteiger partial charge in [0, 0.05) is 49.2 Å². The van der Waals surface area contributed by atoms with Crippen LogP contribution in [0.25, 0.3) is 0 Å². The average Bonchev–Trinajstić information content (AvgIpc) is 2.77. The summed E-state index contributed by atoms with van der Waals surface area (Å²) < 4.78 is 135. The van der Waals surface area contributed by atoms with E-state index in [1.54, 1.807) is 0 Å². The van der Waals surface area contributed by atoms with Crippen LogP contribution in [0, 0.1) is 0 Å². The summed E-state index contributed by atoms with van der Waals surface area (Å²) >= 11 is 0. The van der Waals surface area contributed by atoms with Gasteiger partial charge in [-0.05, 0) is 31.2 Å². The normalized spacial score (nSPS) is 19.4. The van der Waals surface area contributed by atoms with Crippen LogP contribution in [0.3, 0.4) is 0 Å². The second-order valence-corrected chi connectivity index (χ2v) is 10.3. The number of halogens is 8. The van der Waals surface area contributed by atoms with Crippen molar-refractivity contribution in [2.45, 2.75) is 41.7 Å². The Morgan fingerprint density at radius 3 is 1.89 bits per heavy atom. The Hall–Kier alpha value is -2.36. The standard InChI is InChI=1S/C21H21F8N3O3S/c1-14-12-31(13-18(22,23)15-6-8-30-9-7-15)10-11-32(14)36(34,35)17-4-2-16(3-5-17)19(33,20(24,25)26)21(27,28)29/h2-9,14,33H,10-13H2,1H3/t14-/m1/s1. The van der Waals surface area contributed by atoms with Crippen LogP contribution in [0.2, 0.25) is 0 Å². The number of aliphatic hydroxyl groups is 1. The first-order valence-electron chi connectivity index (χ1n) is 10.4. The van der Waals surface area contributed by atoms with Crippen molar-refractivity contribution in [3.8, 4) is 0 Å². The van der Waals surface area contributed by atoms with Gasteiger partial charge in [0.15, 0.2) is 0 Å². The van der Waals surface area contributed by atoms with E-state index >= 15 is 0 Å². The van der Waals surface area contributed by atoms with Crippen LogP contribution in [0.5, 0.6) is 0 Å². The van der Waals surface area contributed by atoms with Crippen LogP contribution in [0.4, 0.5) is 35.1 Å². The van der Waals surface area contributed by atoms with E-state index < -0.39 is 56.9 Å². The van der Waals surface area contributed by atoms with Crippen molar-refractivity contribution < 1.29 is 48.6 Å². The summed E-state index contributed by atoms with van der Waals surface area (Å²) in [5, 5.41) is 9.46. The summed E-state index contributed by atoms with van der Waals surface area (Å²) in [6.07, 6.45) is -9.80. The summed E-state index contributed by atoms with van der Waals surface area (Å²) in [5.41, 5.74) is -7.06. The summed E-state index contributed by atoms with van der Waals surface area (Å²) in [6, 6.07) is 3.03. The zero-order chi connectivity index (χ0) is 27.2. The Bertz CT molecular complexity index is 1140. The molecule has 2 heterocycles. The Balaban J connectivity index is 1.78. The van der Waals surface area contributed by atoms with E-state index in [-0.39, 0.29) is 37.3 Å². The molecule has 1 fully saturated rings. The smallest absolute Gasteiger partial charge is 0.369 e. The molecule has 1 N–H and O–H groups in total. The minimum absolute atomic E-state index is 0.0930. The van der Waals surface area contributed by atoms with Crippen LogP contribution < -0.4 is 0 Å². The molecule has 6 nitrogen and oxygen atoms in total. The number of benzene rings is 1.